The van der Waals surface area contributed by atoms with Crippen LogP contribution in [0.5, 0.6) is 0 Å². The molecule has 1 aromatic heterocycles. The normalized spacial score (nSPS) is 16.0. The van der Waals surface area contributed by atoms with Crippen molar-refractivity contribution >= 4 is 16.9 Å². The molecule has 3 rings (SSSR count). The van der Waals surface area contributed by atoms with E-state index in [9.17, 15) is 14.9 Å². The van der Waals surface area contributed by atoms with Crippen LogP contribution in [0.3, 0.4) is 0 Å². The van der Waals surface area contributed by atoms with Gasteiger partial charge in [0.2, 0.25) is 5.91 Å². The van der Waals surface area contributed by atoms with Crippen LogP contribution in [0.15, 0.2) is 29.1 Å². The lowest BCUT2D eigenvalue weighted by atomic mass is 10.00. The molecule has 0 saturated heterocycles. The summed E-state index contributed by atoms with van der Waals surface area (Å²) >= 11 is 0. The van der Waals surface area contributed by atoms with Crippen LogP contribution in [0.1, 0.15) is 45.4 Å². The number of nitriles is 1. The van der Waals surface area contributed by atoms with Crippen molar-refractivity contribution in [1.82, 2.24) is 14.5 Å². The maximum absolute atomic E-state index is 12.7. The van der Waals surface area contributed by atoms with Crippen LogP contribution in [0.25, 0.3) is 11.0 Å². The van der Waals surface area contributed by atoms with Gasteiger partial charge in [0.25, 0.3) is 0 Å². The minimum Gasteiger partial charge on any atom is -0.338 e. The van der Waals surface area contributed by atoms with Crippen molar-refractivity contribution < 1.29 is 4.79 Å². The third kappa shape index (κ3) is 3.32. The molecule has 0 radical (unpaired) electrons. The second kappa shape index (κ2) is 7.14. The molecule has 0 aliphatic heterocycles. The summed E-state index contributed by atoms with van der Waals surface area (Å²) in [7, 11) is 0. The first-order chi connectivity index (χ1) is 12.1. The number of rotatable bonds is 6. The van der Waals surface area contributed by atoms with Crippen molar-refractivity contribution in [3.63, 3.8) is 0 Å². The molecule has 1 N–H and O–H groups in total. The lowest BCUT2D eigenvalue weighted by Crippen LogP contribution is -2.45. The first-order valence-corrected chi connectivity index (χ1v) is 9.00. The van der Waals surface area contributed by atoms with E-state index in [1.54, 1.807) is 9.13 Å². The number of nitrogens with zero attached hydrogens (tertiary/aromatic N) is 3. The molecule has 132 valence electrons. The Hall–Kier alpha value is -2.55. The Kier molecular flexibility index (Phi) is 4.93. The number of hydrogen-bond donors (Lipinski definition) is 1. The molecule has 1 amide bonds. The first-order valence-electron chi connectivity index (χ1n) is 9.00. The van der Waals surface area contributed by atoms with E-state index in [0.717, 1.165) is 30.3 Å². The lowest BCUT2D eigenvalue weighted by molar-refractivity contribution is -0.122. The Balaban J connectivity index is 1.77. The summed E-state index contributed by atoms with van der Waals surface area (Å²) in [6.07, 6.45) is 4.44. The van der Waals surface area contributed by atoms with Crippen molar-refractivity contribution in [2.75, 3.05) is 0 Å². The molecule has 0 spiro atoms. The second-order valence-electron chi connectivity index (χ2n) is 6.77. The number of aryl methyl sites for hydroxylation is 2. The fourth-order valence-electron chi connectivity index (χ4n) is 3.71. The fraction of sp³-hybridized carbons (Fsp3) is 0.526. The van der Waals surface area contributed by atoms with Crippen molar-refractivity contribution in [2.45, 2.75) is 64.1 Å². The van der Waals surface area contributed by atoms with E-state index in [1.807, 2.05) is 31.2 Å². The van der Waals surface area contributed by atoms with Gasteiger partial charge < -0.3 is 5.32 Å². The number of hydrogen-bond acceptors (Lipinski definition) is 3. The molecule has 1 fully saturated rings. The zero-order valence-corrected chi connectivity index (χ0v) is 14.6. The van der Waals surface area contributed by atoms with E-state index in [0.29, 0.717) is 25.9 Å². The highest BCUT2D eigenvalue weighted by molar-refractivity contribution is 5.78. The van der Waals surface area contributed by atoms with Crippen LogP contribution in [-0.2, 0) is 17.9 Å². The maximum Gasteiger partial charge on any atom is 0.329 e. The third-order valence-corrected chi connectivity index (χ3v) is 4.98. The van der Waals surface area contributed by atoms with Gasteiger partial charge in [-0.15, -0.1) is 0 Å². The minimum absolute atomic E-state index is 0.0771. The predicted octanol–water partition coefficient (Wildman–Crippen LogP) is 2.56. The summed E-state index contributed by atoms with van der Waals surface area (Å²) in [5.41, 5.74) is 0.966. The quantitative estimate of drug-likeness (QED) is 0.877. The van der Waals surface area contributed by atoms with Gasteiger partial charge in [-0.2, -0.15) is 5.26 Å². The van der Waals surface area contributed by atoms with Crippen LogP contribution in [-0.4, -0.2) is 20.6 Å². The van der Waals surface area contributed by atoms with E-state index in [-0.39, 0.29) is 18.0 Å². The average Bonchev–Trinajstić information content (AvgIpc) is 3.18. The van der Waals surface area contributed by atoms with Crippen molar-refractivity contribution in [2.24, 2.45) is 0 Å². The topological polar surface area (TPSA) is 79.8 Å². The van der Waals surface area contributed by atoms with E-state index < -0.39 is 5.54 Å². The molecule has 0 unspecified atom stereocenters. The smallest absolute Gasteiger partial charge is 0.329 e. The third-order valence-electron chi connectivity index (χ3n) is 4.98. The van der Waals surface area contributed by atoms with E-state index in [1.165, 1.54) is 0 Å². The van der Waals surface area contributed by atoms with Crippen LogP contribution in [0, 0.1) is 11.3 Å². The van der Waals surface area contributed by atoms with Gasteiger partial charge >= 0.3 is 5.69 Å². The fourth-order valence-corrected chi connectivity index (χ4v) is 3.71. The molecule has 1 aromatic carbocycles. The first kappa shape index (κ1) is 17.3. The monoisotopic (exact) mass is 340 g/mol. The van der Waals surface area contributed by atoms with E-state index in [4.69, 9.17) is 0 Å². The molecular weight excluding hydrogens is 316 g/mol. The Morgan fingerprint density at radius 1 is 1.20 bits per heavy atom. The largest absolute Gasteiger partial charge is 0.338 e. The molecule has 1 heterocycles. The number of carbonyl (C=O) groups is 1. The second-order valence-corrected chi connectivity index (χ2v) is 6.77. The number of para-hydroxylation sites is 2. The SMILES string of the molecule is CCCn1c(=O)n(CCC(=O)NC2(C#N)CCCC2)c2ccccc21. The summed E-state index contributed by atoms with van der Waals surface area (Å²) in [6, 6.07) is 9.93. The summed E-state index contributed by atoms with van der Waals surface area (Å²) in [6.45, 7) is 3.02. The number of benzene rings is 1. The Bertz CT molecular complexity index is 866. The molecule has 1 aliphatic rings. The molecule has 0 bridgehead atoms. The maximum atomic E-state index is 12.7. The zero-order valence-electron chi connectivity index (χ0n) is 14.6. The Labute approximate surface area is 147 Å². The van der Waals surface area contributed by atoms with Crippen molar-refractivity contribution in [3.8, 4) is 6.07 Å². The molecule has 6 nitrogen and oxygen atoms in total. The van der Waals surface area contributed by atoms with Gasteiger partial charge in [-0.3, -0.25) is 13.9 Å². The molecule has 25 heavy (non-hydrogen) atoms. The van der Waals surface area contributed by atoms with E-state index in [2.05, 4.69) is 11.4 Å². The van der Waals surface area contributed by atoms with Gasteiger partial charge in [-0.25, -0.2) is 4.79 Å². The van der Waals surface area contributed by atoms with Crippen LogP contribution in [0.4, 0.5) is 0 Å². The highest BCUT2D eigenvalue weighted by Gasteiger charge is 2.35. The molecular formula is C19H24N4O2. The number of aromatic nitrogens is 2. The standard InChI is InChI=1S/C19H24N4O2/c1-2-12-22-15-7-3-4-8-16(15)23(18(22)25)13-9-17(24)21-19(14-20)10-5-6-11-19/h3-4,7-8H,2,5-6,9-13H2,1H3,(H,21,24). The van der Waals surface area contributed by atoms with Gasteiger partial charge in [0.1, 0.15) is 5.54 Å². The average molecular weight is 340 g/mol. The number of carbonyl (C=O) groups excluding carboxylic acids is 1. The van der Waals surface area contributed by atoms with Gasteiger partial charge in [0.05, 0.1) is 17.1 Å². The van der Waals surface area contributed by atoms with Crippen molar-refractivity contribution in [1.29, 1.82) is 5.26 Å². The van der Waals surface area contributed by atoms with E-state index >= 15 is 0 Å². The van der Waals surface area contributed by atoms with Gasteiger partial charge in [-0.05, 0) is 44.2 Å². The molecule has 0 atom stereocenters. The minimum atomic E-state index is -0.710. The van der Waals surface area contributed by atoms with Crippen LogP contribution < -0.4 is 11.0 Å². The molecule has 2 aromatic rings. The number of imidazole rings is 1. The van der Waals surface area contributed by atoms with Crippen molar-refractivity contribution in [3.05, 3.63) is 34.7 Å². The molecule has 6 heteroatoms. The van der Waals surface area contributed by atoms with Crippen LogP contribution in [0.2, 0.25) is 0 Å². The van der Waals surface area contributed by atoms with Gasteiger partial charge in [-0.1, -0.05) is 19.1 Å². The van der Waals surface area contributed by atoms with Gasteiger partial charge in [0.15, 0.2) is 0 Å². The number of nitrogens with one attached hydrogen (secondary N) is 1. The van der Waals surface area contributed by atoms with Gasteiger partial charge in [0, 0.05) is 19.5 Å². The van der Waals surface area contributed by atoms with Crippen LogP contribution >= 0.6 is 0 Å². The summed E-state index contributed by atoms with van der Waals surface area (Å²) in [5.74, 6) is -0.164. The highest BCUT2D eigenvalue weighted by Crippen LogP contribution is 2.28. The lowest BCUT2D eigenvalue weighted by Gasteiger charge is -2.21. The zero-order chi connectivity index (χ0) is 17.9. The number of fused-ring (bicyclic) bond motifs is 1. The summed E-state index contributed by atoms with van der Waals surface area (Å²) in [4.78, 5) is 25.0. The highest BCUT2D eigenvalue weighted by atomic mass is 16.2. The Morgan fingerprint density at radius 3 is 2.36 bits per heavy atom. The summed E-state index contributed by atoms with van der Waals surface area (Å²) < 4.78 is 3.43. The number of amides is 1. The predicted molar refractivity (Wildman–Crippen MR) is 96.1 cm³/mol. The Morgan fingerprint density at radius 2 is 1.80 bits per heavy atom. The summed E-state index contributed by atoms with van der Waals surface area (Å²) in [5, 5.41) is 12.3. The molecule has 1 saturated carbocycles. The molecule has 1 aliphatic carbocycles.